The van der Waals surface area contributed by atoms with Crippen molar-refractivity contribution in [3.05, 3.63) is 176 Å². The van der Waals surface area contributed by atoms with Gasteiger partial charge in [0.25, 0.3) is 0 Å². The molecule has 0 saturated carbocycles. The maximum Gasteiger partial charge on any atom is 0.137 e. The summed E-state index contributed by atoms with van der Waals surface area (Å²) >= 11 is 1.88. The zero-order valence-corrected chi connectivity index (χ0v) is 27.3. The van der Waals surface area contributed by atoms with E-state index in [-0.39, 0.29) is 0 Å². The van der Waals surface area contributed by atoms with E-state index in [9.17, 15) is 0 Å². The van der Waals surface area contributed by atoms with Crippen LogP contribution in [0.5, 0.6) is 0 Å². The van der Waals surface area contributed by atoms with Gasteiger partial charge in [-0.25, -0.2) is 0 Å². The molecule has 10 rings (SSSR count). The van der Waals surface area contributed by atoms with Gasteiger partial charge in [-0.1, -0.05) is 121 Å². The van der Waals surface area contributed by atoms with E-state index >= 15 is 0 Å². The molecule has 0 aliphatic rings. The Morgan fingerprint density at radius 2 is 1.04 bits per heavy atom. The Kier molecular flexibility index (Phi) is 6.39. The van der Waals surface area contributed by atoms with Crippen LogP contribution in [0.1, 0.15) is 0 Å². The van der Waals surface area contributed by atoms with Crippen molar-refractivity contribution in [3.8, 4) is 22.3 Å². The number of hydrogen-bond donors (Lipinski definition) is 0. The fraction of sp³-hybridized carbons (Fsp3) is 0. The molecular weight excluding hydrogens is 615 g/mol. The van der Waals surface area contributed by atoms with E-state index in [0.29, 0.717) is 0 Å². The summed E-state index contributed by atoms with van der Waals surface area (Å²) < 4.78 is 9.00. The summed E-state index contributed by atoms with van der Waals surface area (Å²) in [6.45, 7) is 0. The molecule has 0 spiro atoms. The van der Waals surface area contributed by atoms with Crippen LogP contribution in [0.3, 0.4) is 0 Å². The van der Waals surface area contributed by atoms with E-state index in [0.717, 1.165) is 39.0 Å². The highest BCUT2D eigenvalue weighted by molar-refractivity contribution is 7.26. The molecule has 0 unspecified atom stereocenters. The first-order chi connectivity index (χ1) is 24.3. The lowest BCUT2D eigenvalue weighted by atomic mass is 10.0. The number of rotatable bonds is 5. The number of benzene rings is 8. The number of fused-ring (bicyclic) bond motifs is 8. The Bertz CT molecular complexity index is 2810. The topological polar surface area (TPSA) is 16.4 Å². The van der Waals surface area contributed by atoms with Crippen LogP contribution in [0, 0.1) is 0 Å². The second-order valence-electron chi connectivity index (χ2n) is 12.5. The first kappa shape index (κ1) is 27.9. The number of para-hydroxylation sites is 1. The molecule has 0 atom stereocenters. The van der Waals surface area contributed by atoms with Crippen LogP contribution in [0.25, 0.3) is 75.1 Å². The van der Waals surface area contributed by atoms with Gasteiger partial charge in [0.15, 0.2) is 0 Å². The summed E-state index contributed by atoms with van der Waals surface area (Å²) in [5, 5.41) is 7.46. The van der Waals surface area contributed by atoms with Crippen LogP contribution in [0.15, 0.2) is 180 Å². The normalized spacial score (nSPS) is 11.7. The van der Waals surface area contributed by atoms with E-state index in [4.69, 9.17) is 4.42 Å². The number of nitrogens with zero attached hydrogens (tertiary/aromatic N) is 1. The highest BCUT2D eigenvalue weighted by atomic mass is 32.1. The minimum atomic E-state index is 0.880. The van der Waals surface area contributed by atoms with Gasteiger partial charge in [-0.2, -0.15) is 0 Å². The molecule has 0 aliphatic carbocycles. The third-order valence-corrected chi connectivity index (χ3v) is 10.9. The Hall–Kier alpha value is -6.16. The Morgan fingerprint density at radius 1 is 0.408 bits per heavy atom. The van der Waals surface area contributed by atoms with Gasteiger partial charge in [0.2, 0.25) is 0 Å². The van der Waals surface area contributed by atoms with Crippen LogP contribution >= 0.6 is 11.3 Å². The van der Waals surface area contributed by atoms with Crippen molar-refractivity contribution in [3.63, 3.8) is 0 Å². The van der Waals surface area contributed by atoms with Crippen LogP contribution in [-0.4, -0.2) is 0 Å². The molecule has 3 heteroatoms. The van der Waals surface area contributed by atoms with Crippen molar-refractivity contribution < 1.29 is 4.42 Å². The summed E-state index contributed by atoms with van der Waals surface area (Å²) in [6, 6.07) is 63.1. The van der Waals surface area contributed by atoms with E-state index in [1.165, 1.54) is 53.2 Å². The highest BCUT2D eigenvalue weighted by Gasteiger charge is 2.19. The molecule has 2 aromatic heterocycles. The van der Waals surface area contributed by atoms with Crippen molar-refractivity contribution in [1.29, 1.82) is 0 Å². The maximum absolute atomic E-state index is 6.33. The minimum Gasteiger partial charge on any atom is -0.456 e. The molecule has 0 bridgehead atoms. The zero-order chi connectivity index (χ0) is 32.3. The molecule has 230 valence electrons. The maximum atomic E-state index is 6.33. The van der Waals surface area contributed by atoms with Crippen molar-refractivity contribution in [2.45, 2.75) is 0 Å². The highest BCUT2D eigenvalue weighted by Crippen LogP contribution is 2.44. The second kappa shape index (κ2) is 11.2. The summed E-state index contributed by atoms with van der Waals surface area (Å²) in [4.78, 5) is 2.35. The average molecular weight is 644 g/mol. The quantitative estimate of drug-likeness (QED) is 0.186. The lowest BCUT2D eigenvalue weighted by molar-refractivity contribution is 0.669. The Morgan fingerprint density at radius 3 is 1.84 bits per heavy atom. The predicted molar refractivity (Wildman–Crippen MR) is 210 cm³/mol. The largest absolute Gasteiger partial charge is 0.456 e. The van der Waals surface area contributed by atoms with Crippen molar-refractivity contribution >= 4 is 81.3 Å². The van der Waals surface area contributed by atoms with Crippen LogP contribution in [0.4, 0.5) is 17.1 Å². The first-order valence-electron chi connectivity index (χ1n) is 16.6. The van der Waals surface area contributed by atoms with Crippen LogP contribution in [0.2, 0.25) is 0 Å². The summed E-state index contributed by atoms with van der Waals surface area (Å²) in [5.41, 5.74) is 9.83. The predicted octanol–water partition coefficient (Wildman–Crippen LogP) is 13.9. The molecule has 0 N–H and O–H groups in total. The fourth-order valence-electron chi connectivity index (χ4n) is 7.29. The molecule has 2 nitrogen and oxygen atoms in total. The smallest absolute Gasteiger partial charge is 0.137 e. The minimum absolute atomic E-state index is 0.880. The third kappa shape index (κ3) is 4.62. The molecule has 0 aliphatic heterocycles. The molecule has 10 aromatic rings. The molecule has 0 fully saturated rings. The molecule has 2 heterocycles. The van der Waals surface area contributed by atoms with Gasteiger partial charge in [0.05, 0.1) is 11.1 Å². The van der Waals surface area contributed by atoms with E-state index in [1.54, 1.807) is 0 Å². The van der Waals surface area contributed by atoms with Gasteiger partial charge in [0, 0.05) is 36.9 Å². The fourth-order valence-corrected chi connectivity index (χ4v) is 8.51. The van der Waals surface area contributed by atoms with Gasteiger partial charge in [-0.15, -0.1) is 11.3 Å². The third-order valence-electron chi connectivity index (χ3n) is 9.67. The molecular formula is C46H29NOS. The molecule has 8 aromatic carbocycles. The van der Waals surface area contributed by atoms with Crippen molar-refractivity contribution in [2.24, 2.45) is 0 Å². The van der Waals surface area contributed by atoms with E-state index < -0.39 is 0 Å². The van der Waals surface area contributed by atoms with Gasteiger partial charge in [0.1, 0.15) is 11.2 Å². The van der Waals surface area contributed by atoms with Crippen LogP contribution < -0.4 is 4.90 Å². The van der Waals surface area contributed by atoms with Gasteiger partial charge in [-0.05, 0) is 87.6 Å². The molecule has 0 radical (unpaired) electrons. The standard InChI is InChI=1S/C46H29NOS/c1-2-9-30(10-3-1)31-17-23-35(24-18-31)47(41-14-8-16-43-45(41)39-13-6-7-15-42(39)48-43)36-25-19-32(20-26-36)34-22-28-44-40(29-34)38-27-21-33-11-4-5-12-37(33)46(38)49-44/h1-29H. The first-order valence-corrected chi connectivity index (χ1v) is 17.4. The van der Waals surface area contributed by atoms with Gasteiger partial charge < -0.3 is 9.32 Å². The zero-order valence-electron chi connectivity index (χ0n) is 26.5. The average Bonchev–Trinajstić information content (AvgIpc) is 3.75. The van der Waals surface area contributed by atoms with Gasteiger partial charge >= 0.3 is 0 Å². The molecule has 0 saturated heterocycles. The monoisotopic (exact) mass is 643 g/mol. The lowest BCUT2D eigenvalue weighted by Gasteiger charge is -2.26. The summed E-state index contributed by atoms with van der Waals surface area (Å²) in [6.07, 6.45) is 0. The molecule has 0 amide bonds. The molecule has 49 heavy (non-hydrogen) atoms. The lowest BCUT2D eigenvalue weighted by Crippen LogP contribution is -2.10. The summed E-state index contributed by atoms with van der Waals surface area (Å²) in [7, 11) is 0. The van der Waals surface area contributed by atoms with E-state index in [2.05, 4.69) is 169 Å². The number of anilines is 3. The summed E-state index contributed by atoms with van der Waals surface area (Å²) in [5.74, 6) is 0. The number of furan rings is 1. The Labute approximate surface area is 287 Å². The Balaban J connectivity index is 1.10. The SMILES string of the molecule is c1ccc(-c2ccc(N(c3ccc(-c4ccc5sc6c7ccccc7ccc6c5c4)cc3)c3cccc4oc5ccccc5c34)cc2)cc1. The van der Waals surface area contributed by atoms with Crippen molar-refractivity contribution in [2.75, 3.05) is 4.90 Å². The van der Waals surface area contributed by atoms with Crippen molar-refractivity contribution in [1.82, 2.24) is 0 Å². The number of hydrogen-bond acceptors (Lipinski definition) is 3. The van der Waals surface area contributed by atoms with Crippen LogP contribution in [-0.2, 0) is 0 Å². The second-order valence-corrected chi connectivity index (χ2v) is 13.6. The number of thiophene rings is 1. The van der Waals surface area contributed by atoms with Gasteiger partial charge in [-0.3, -0.25) is 0 Å². The van der Waals surface area contributed by atoms with E-state index in [1.807, 2.05) is 23.5 Å².